The molecule has 1 saturated heterocycles. The second-order valence-corrected chi connectivity index (χ2v) is 9.95. The standard InChI is InChI=1S/C18H21BClO5P/c1-17(2)18(3,4)25-19(24-17)12-6-5-7-14(10-12)26(22,23)16-9-8-13(21)11-15(16)20/h5-11,21H,1-4H3,(H,22,23). The van der Waals surface area contributed by atoms with Crippen LogP contribution in [0.5, 0.6) is 5.75 Å². The van der Waals surface area contributed by atoms with E-state index in [-0.39, 0.29) is 21.4 Å². The molecule has 5 nitrogen and oxygen atoms in total. The van der Waals surface area contributed by atoms with Gasteiger partial charge < -0.3 is 19.3 Å². The highest BCUT2D eigenvalue weighted by atomic mass is 35.5. The lowest BCUT2D eigenvalue weighted by atomic mass is 9.79. The topological polar surface area (TPSA) is 76.0 Å². The number of phenolic OH excluding ortho intramolecular Hbond substituents is 1. The second-order valence-electron chi connectivity index (χ2n) is 7.39. The maximum Gasteiger partial charge on any atom is 0.494 e. The van der Waals surface area contributed by atoms with Crippen LogP contribution in [0, 0.1) is 0 Å². The van der Waals surface area contributed by atoms with E-state index < -0.39 is 25.7 Å². The van der Waals surface area contributed by atoms with Crippen LogP contribution in [0.15, 0.2) is 42.5 Å². The van der Waals surface area contributed by atoms with E-state index in [0.29, 0.717) is 5.46 Å². The van der Waals surface area contributed by atoms with Gasteiger partial charge in [-0.1, -0.05) is 23.7 Å². The number of rotatable bonds is 3. The number of halogens is 1. The van der Waals surface area contributed by atoms with Gasteiger partial charge in [0.05, 0.1) is 21.5 Å². The lowest BCUT2D eigenvalue weighted by Crippen LogP contribution is -2.41. The quantitative estimate of drug-likeness (QED) is 0.618. The molecule has 0 aromatic heterocycles. The first-order chi connectivity index (χ1) is 11.9. The van der Waals surface area contributed by atoms with Crippen molar-refractivity contribution in [3.8, 4) is 5.75 Å². The molecule has 1 aliphatic heterocycles. The first kappa shape index (κ1) is 19.5. The van der Waals surface area contributed by atoms with Gasteiger partial charge in [0.2, 0.25) is 0 Å². The van der Waals surface area contributed by atoms with Crippen LogP contribution in [0.3, 0.4) is 0 Å². The molecule has 1 unspecified atom stereocenters. The van der Waals surface area contributed by atoms with Crippen LogP contribution in [0.2, 0.25) is 5.02 Å². The summed E-state index contributed by atoms with van der Waals surface area (Å²) in [5.74, 6) is -0.0651. The lowest BCUT2D eigenvalue weighted by molar-refractivity contribution is 0.00578. The third-order valence-corrected chi connectivity index (χ3v) is 7.47. The zero-order chi connectivity index (χ0) is 19.3. The third kappa shape index (κ3) is 3.33. The molecule has 2 aromatic carbocycles. The van der Waals surface area contributed by atoms with Gasteiger partial charge in [0, 0.05) is 5.30 Å². The van der Waals surface area contributed by atoms with Gasteiger partial charge in [-0.15, -0.1) is 0 Å². The molecular formula is C18H21BClO5P. The van der Waals surface area contributed by atoms with Gasteiger partial charge >= 0.3 is 7.12 Å². The van der Waals surface area contributed by atoms with Crippen molar-refractivity contribution < 1.29 is 23.9 Å². The summed E-state index contributed by atoms with van der Waals surface area (Å²) in [6.45, 7) is 7.79. The van der Waals surface area contributed by atoms with Crippen molar-refractivity contribution in [2.24, 2.45) is 0 Å². The number of phenols is 1. The molecule has 0 saturated carbocycles. The predicted octanol–water partition coefficient (Wildman–Crippen LogP) is 2.57. The summed E-state index contributed by atoms with van der Waals surface area (Å²) in [6, 6.07) is 10.6. The molecule has 1 heterocycles. The van der Waals surface area contributed by atoms with Crippen LogP contribution < -0.4 is 16.1 Å². The Morgan fingerprint density at radius 2 is 1.65 bits per heavy atom. The van der Waals surface area contributed by atoms with Crippen LogP contribution in [-0.2, 0) is 13.9 Å². The molecule has 2 N–H and O–H groups in total. The van der Waals surface area contributed by atoms with Crippen molar-refractivity contribution in [3.63, 3.8) is 0 Å². The SMILES string of the molecule is CC1(C)OB(c2cccc(P(=O)(O)c3ccc(O)cc3Cl)c2)OC1(C)C. The van der Waals surface area contributed by atoms with Crippen LogP contribution in [-0.4, -0.2) is 28.3 Å². The number of benzene rings is 2. The van der Waals surface area contributed by atoms with Gasteiger partial charge in [-0.2, -0.15) is 0 Å². The normalized spacial score (nSPS) is 20.8. The fraction of sp³-hybridized carbons (Fsp3) is 0.333. The van der Waals surface area contributed by atoms with Crippen molar-refractivity contribution in [1.82, 2.24) is 0 Å². The minimum atomic E-state index is -3.94. The van der Waals surface area contributed by atoms with E-state index in [4.69, 9.17) is 20.9 Å². The average Bonchev–Trinajstić information content (AvgIpc) is 2.75. The van der Waals surface area contributed by atoms with E-state index in [1.165, 1.54) is 18.2 Å². The molecule has 0 amide bonds. The summed E-state index contributed by atoms with van der Waals surface area (Å²) in [5, 5.41) is 9.80. The van der Waals surface area contributed by atoms with Gasteiger partial charge in [0.25, 0.3) is 7.37 Å². The molecule has 3 rings (SSSR count). The molecule has 0 spiro atoms. The molecule has 0 aliphatic carbocycles. The van der Waals surface area contributed by atoms with E-state index in [9.17, 15) is 14.6 Å². The maximum atomic E-state index is 13.1. The van der Waals surface area contributed by atoms with Gasteiger partial charge in [0.1, 0.15) is 5.75 Å². The van der Waals surface area contributed by atoms with Crippen molar-refractivity contribution in [2.75, 3.05) is 0 Å². The number of hydrogen-bond donors (Lipinski definition) is 2. The summed E-state index contributed by atoms with van der Waals surface area (Å²) >= 11 is 6.06. The number of hydrogen-bond acceptors (Lipinski definition) is 4. The Bertz CT molecular complexity index is 883. The summed E-state index contributed by atoms with van der Waals surface area (Å²) in [7, 11) is -4.57. The molecule has 138 valence electrons. The molecule has 8 heteroatoms. The molecule has 0 bridgehead atoms. The van der Waals surface area contributed by atoms with Gasteiger partial charge in [-0.05, 0) is 63.5 Å². The molecular weight excluding hydrogens is 373 g/mol. The average molecular weight is 395 g/mol. The smallest absolute Gasteiger partial charge is 0.494 e. The van der Waals surface area contributed by atoms with E-state index in [1.807, 2.05) is 27.7 Å². The molecule has 2 aromatic rings. The minimum absolute atomic E-state index is 0.0388. The van der Waals surface area contributed by atoms with E-state index >= 15 is 0 Å². The second kappa shape index (κ2) is 6.40. The van der Waals surface area contributed by atoms with Crippen molar-refractivity contribution >= 4 is 42.2 Å². The fourth-order valence-corrected chi connectivity index (χ4v) is 4.76. The Morgan fingerprint density at radius 3 is 2.23 bits per heavy atom. The van der Waals surface area contributed by atoms with Crippen molar-refractivity contribution in [2.45, 2.75) is 38.9 Å². The molecule has 0 radical (unpaired) electrons. The van der Waals surface area contributed by atoms with Crippen LogP contribution in [0.25, 0.3) is 0 Å². The van der Waals surface area contributed by atoms with Gasteiger partial charge in [-0.25, -0.2) is 0 Å². The maximum absolute atomic E-state index is 13.1. The van der Waals surface area contributed by atoms with Gasteiger partial charge in [0.15, 0.2) is 0 Å². The largest absolute Gasteiger partial charge is 0.508 e. The molecule has 1 aliphatic rings. The highest BCUT2D eigenvalue weighted by Gasteiger charge is 2.51. The zero-order valence-electron chi connectivity index (χ0n) is 15.1. The lowest BCUT2D eigenvalue weighted by Gasteiger charge is -2.32. The van der Waals surface area contributed by atoms with E-state index in [1.54, 1.807) is 24.3 Å². The van der Waals surface area contributed by atoms with Crippen LogP contribution >= 0.6 is 19.0 Å². The molecule has 1 atom stereocenters. The summed E-state index contributed by atoms with van der Waals surface area (Å²) < 4.78 is 25.1. The number of aromatic hydroxyl groups is 1. The van der Waals surface area contributed by atoms with Crippen LogP contribution in [0.1, 0.15) is 27.7 Å². The molecule has 1 fully saturated rings. The zero-order valence-corrected chi connectivity index (χ0v) is 16.7. The monoisotopic (exact) mass is 394 g/mol. The Kier molecular flexibility index (Phi) is 4.79. The Balaban J connectivity index is 1.99. The highest BCUT2D eigenvalue weighted by Crippen LogP contribution is 2.41. The summed E-state index contributed by atoms with van der Waals surface area (Å²) in [4.78, 5) is 10.7. The first-order valence-electron chi connectivity index (χ1n) is 8.22. The Labute approximate surface area is 158 Å². The first-order valence-corrected chi connectivity index (χ1v) is 10.3. The van der Waals surface area contributed by atoms with Gasteiger partial charge in [-0.3, -0.25) is 4.57 Å². The third-order valence-electron chi connectivity index (χ3n) is 5.00. The van der Waals surface area contributed by atoms with E-state index in [0.717, 1.165) is 0 Å². The van der Waals surface area contributed by atoms with Crippen LogP contribution in [0.4, 0.5) is 0 Å². The summed E-state index contributed by atoms with van der Waals surface area (Å²) in [6.07, 6.45) is 0. The minimum Gasteiger partial charge on any atom is -0.508 e. The van der Waals surface area contributed by atoms with Crippen molar-refractivity contribution in [3.05, 3.63) is 47.5 Å². The highest BCUT2D eigenvalue weighted by molar-refractivity contribution is 7.73. The Hall–Kier alpha value is -1.30. The van der Waals surface area contributed by atoms with E-state index in [2.05, 4.69) is 0 Å². The molecule has 26 heavy (non-hydrogen) atoms. The predicted molar refractivity (Wildman–Crippen MR) is 104 cm³/mol. The Morgan fingerprint density at radius 1 is 1.04 bits per heavy atom. The summed E-state index contributed by atoms with van der Waals surface area (Å²) in [5.41, 5.74) is -0.349. The fourth-order valence-electron chi connectivity index (χ4n) is 2.72. The van der Waals surface area contributed by atoms with Crippen molar-refractivity contribution in [1.29, 1.82) is 0 Å².